The van der Waals surface area contributed by atoms with Gasteiger partial charge in [-0.15, -0.1) is 11.3 Å². The summed E-state index contributed by atoms with van der Waals surface area (Å²) >= 11 is 1.63. The fourth-order valence-electron chi connectivity index (χ4n) is 3.23. The number of hydrogen-bond donors (Lipinski definition) is 1. The van der Waals surface area contributed by atoms with Gasteiger partial charge in [-0.1, -0.05) is 19.4 Å². The summed E-state index contributed by atoms with van der Waals surface area (Å²) in [4.78, 5) is 27.3. The van der Waals surface area contributed by atoms with Crippen LogP contribution in [0.5, 0.6) is 0 Å². The van der Waals surface area contributed by atoms with E-state index in [1.807, 2.05) is 36.1 Å². The highest BCUT2D eigenvalue weighted by Crippen LogP contribution is 2.26. The SMILES string of the molecule is CCCc1c(C(=O)NCc2cncn2C)cnn1-c1ncc(C)c(-c2cccs2)n1. The molecule has 0 unspecified atom stereocenters. The van der Waals surface area contributed by atoms with E-state index in [0.717, 1.165) is 33.9 Å². The van der Waals surface area contributed by atoms with Gasteiger partial charge in [-0.3, -0.25) is 4.79 Å². The zero-order valence-corrected chi connectivity index (χ0v) is 18.0. The molecule has 0 aliphatic carbocycles. The van der Waals surface area contributed by atoms with Crippen molar-refractivity contribution in [3.63, 3.8) is 0 Å². The Labute approximate surface area is 178 Å². The van der Waals surface area contributed by atoms with Crippen molar-refractivity contribution < 1.29 is 4.79 Å². The van der Waals surface area contributed by atoms with Crippen molar-refractivity contribution in [2.75, 3.05) is 0 Å². The minimum absolute atomic E-state index is 0.170. The molecule has 30 heavy (non-hydrogen) atoms. The number of aromatic nitrogens is 6. The Kier molecular flexibility index (Phi) is 5.71. The molecule has 0 aliphatic rings. The van der Waals surface area contributed by atoms with E-state index in [1.165, 1.54) is 0 Å². The molecule has 8 nitrogen and oxygen atoms in total. The maximum atomic E-state index is 12.9. The van der Waals surface area contributed by atoms with Crippen LogP contribution in [0, 0.1) is 6.92 Å². The van der Waals surface area contributed by atoms with Crippen LogP contribution in [0.25, 0.3) is 16.5 Å². The third-order valence-corrected chi connectivity index (χ3v) is 5.73. The average Bonchev–Trinajstić information content (AvgIpc) is 3.48. The van der Waals surface area contributed by atoms with Crippen molar-refractivity contribution in [2.45, 2.75) is 33.2 Å². The summed E-state index contributed by atoms with van der Waals surface area (Å²) in [5, 5.41) is 9.44. The lowest BCUT2D eigenvalue weighted by Gasteiger charge is -2.10. The van der Waals surface area contributed by atoms with Crippen LogP contribution in [0.1, 0.15) is 40.7 Å². The molecule has 0 aromatic carbocycles. The number of nitrogens with zero attached hydrogens (tertiary/aromatic N) is 6. The summed E-state index contributed by atoms with van der Waals surface area (Å²) < 4.78 is 3.56. The van der Waals surface area contributed by atoms with Gasteiger partial charge in [0, 0.05) is 19.4 Å². The van der Waals surface area contributed by atoms with Gasteiger partial charge in [-0.05, 0) is 30.4 Å². The topological polar surface area (TPSA) is 90.5 Å². The van der Waals surface area contributed by atoms with Crippen LogP contribution in [-0.4, -0.2) is 35.2 Å². The Bertz CT molecular complexity index is 1160. The molecule has 0 saturated carbocycles. The van der Waals surface area contributed by atoms with E-state index in [1.54, 1.807) is 40.9 Å². The molecule has 4 aromatic heterocycles. The number of thiophene rings is 1. The molecule has 154 valence electrons. The van der Waals surface area contributed by atoms with Crippen molar-refractivity contribution in [2.24, 2.45) is 7.05 Å². The van der Waals surface area contributed by atoms with Crippen molar-refractivity contribution in [1.29, 1.82) is 0 Å². The zero-order chi connectivity index (χ0) is 21.1. The highest BCUT2D eigenvalue weighted by atomic mass is 32.1. The average molecular weight is 422 g/mol. The maximum absolute atomic E-state index is 12.9. The van der Waals surface area contributed by atoms with Gasteiger partial charge >= 0.3 is 0 Å². The molecule has 0 spiro atoms. The van der Waals surface area contributed by atoms with Gasteiger partial charge in [0.1, 0.15) is 0 Å². The minimum atomic E-state index is -0.170. The van der Waals surface area contributed by atoms with Crippen molar-refractivity contribution in [3.05, 3.63) is 64.9 Å². The molecule has 9 heteroatoms. The largest absolute Gasteiger partial charge is 0.346 e. The number of imidazole rings is 1. The molecule has 0 radical (unpaired) electrons. The number of nitrogens with one attached hydrogen (secondary N) is 1. The second-order valence-electron chi connectivity index (χ2n) is 7.02. The molecular formula is C21H23N7OS. The number of rotatable bonds is 7. The van der Waals surface area contributed by atoms with Gasteiger partial charge < -0.3 is 9.88 Å². The summed E-state index contributed by atoms with van der Waals surface area (Å²) in [5.41, 5.74) is 4.16. The third-order valence-electron chi connectivity index (χ3n) is 4.85. The van der Waals surface area contributed by atoms with Crippen LogP contribution >= 0.6 is 11.3 Å². The third kappa shape index (κ3) is 3.88. The first-order valence-electron chi connectivity index (χ1n) is 9.76. The molecule has 0 aliphatic heterocycles. The molecule has 0 saturated heterocycles. The van der Waals surface area contributed by atoms with Crippen LogP contribution in [-0.2, 0) is 20.0 Å². The normalized spacial score (nSPS) is 11.0. The maximum Gasteiger partial charge on any atom is 0.255 e. The van der Waals surface area contributed by atoms with Crippen molar-refractivity contribution in [1.82, 2.24) is 34.6 Å². The fraction of sp³-hybridized carbons (Fsp3) is 0.286. The monoisotopic (exact) mass is 421 g/mol. The lowest BCUT2D eigenvalue weighted by atomic mass is 10.1. The first-order valence-corrected chi connectivity index (χ1v) is 10.6. The number of hydrogen-bond acceptors (Lipinski definition) is 6. The zero-order valence-electron chi connectivity index (χ0n) is 17.2. The number of aryl methyl sites for hydroxylation is 2. The van der Waals surface area contributed by atoms with Crippen molar-refractivity contribution >= 4 is 17.2 Å². The van der Waals surface area contributed by atoms with Crippen LogP contribution in [0.15, 0.2) is 42.4 Å². The molecule has 4 heterocycles. The van der Waals surface area contributed by atoms with Crippen LogP contribution in [0.4, 0.5) is 0 Å². The molecular weight excluding hydrogens is 398 g/mol. The van der Waals surface area contributed by atoms with Gasteiger partial charge in [0.2, 0.25) is 0 Å². The molecule has 1 N–H and O–H groups in total. The molecule has 0 atom stereocenters. The lowest BCUT2D eigenvalue weighted by Crippen LogP contribution is -2.25. The van der Waals surface area contributed by atoms with Gasteiger partial charge in [0.05, 0.1) is 46.6 Å². The van der Waals surface area contributed by atoms with Gasteiger partial charge in [-0.2, -0.15) is 5.10 Å². The molecule has 0 bridgehead atoms. The second-order valence-corrected chi connectivity index (χ2v) is 7.97. The molecule has 1 amide bonds. The Hall–Kier alpha value is -3.33. The highest BCUT2D eigenvalue weighted by Gasteiger charge is 2.20. The van der Waals surface area contributed by atoms with E-state index < -0.39 is 0 Å². The summed E-state index contributed by atoms with van der Waals surface area (Å²) in [7, 11) is 1.90. The Morgan fingerprint density at radius 1 is 1.27 bits per heavy atom. The fourth-order valence-corrected chi connectivity index (χ4v) is 4.01. The smallest absolute Gasteiger partial charge is 0.255 e. The van der Waals surface area contributed by atoms with E-state index in [9.17, 15) is 4.79 Å². The van der Waals surface area contributed by atoms with Crippen molar-refractivity contribution in [3.8, 4) is 16.5 Å². The predicted octanol–water partition coefficient (Wildman–Crippen LogP) is 3.32. The first-order chi connectivity index (χ1) is 14.6. The van der Waals surface area contributed by atoms with E-state index in [-0.39, 0.29) is 5.91 Å². The number of carbonyl (C=O) groups excluding carboxylic acids is 1. The van der Waals surface area contributed by atoms with Crippen LogP contribution in [0.3, 0.4) is 0 Å². The predicted molar refractivity (Wildman–Crippen MR) is 116 cm³/mol. The summed E-state index contributed by atoms with van der Waals surface area (Å²) in [6.45, 7) is 4.46. The summed E-state index contributed by atoms with van der Waals surface area (Å²) in [6, 6.07) is 4.04. The number of carbonyl (C=O) groups is 1. The van der Waals surface area contributed by atoms with E-state index in [2.05, 4.69) is 27.3 Å². The summed E-state index contributed by atoms with van der Waals surface area (Å²) in [6.07, 6.45) is 8.41. The highest BCUT2D eigenvalue weighted by molar-refractivity contribution is 7.13. The standard InChI is InChI=1S/C21H23N7OS/c1-4-6-17-16(20(29)23-11-15-10-22-13-27(15)3)12-25-28(17)21-24-9-14(2)19(26-21)18-7-5-8-30-18/h5,7-10,12-13H,4,6,11H2,1-3H3,(H,23,29). The van der Waals surface area contributed by atoms with E-state index in [4.69, 9.17) is 4.98 Å². The van der Waals surface area contributed by atoms with Crippen LogP contribution < -0.4 is 5.32 Å². The van der Waals surface area contributed by atoms with E-state index >= 15 is 0 Å². The lowest BCUT2D eigenvalue weighted by molar-refractivity contribution is 0.0949. The van der Waals surface area contributed by atoms with Crippen LogP contribution in [0.2, 0.25) is 0 Å². The van der Waals surface area contributed by atoms with E-state index in [0.29, 0.717) is 24.5 Å². The number of amides is 1. The Balaban J connectivity index is 1.65. The molecule has 0 fully saturated rings. The first kappa shape index (κ1) is 20.0. The molecule has 4 rings (SSSR count). The quantitative estimate of drug-likeness (QED) is 0.494. The van der Waals surface area contributed by atoms with Gasteiger partial charge in [-0.25, -0.2) is 19.6 Å². The van der Waals surface area contributed by atoms with Gasteiger partial charge in [0.25, 0.3) is 11.9 Å². The Morgan fingerprint density at radius 3 is 2.83 bits per heavy atom. The van der Waals surface area contributed by atoms with Gasteiger partial charge in [0.15, 0.2) is 0 Å². The summed E-state index contributed by atoms with van der Waals surface area (Å²) in [5.74, 6) is 0.301. The Morgan fingerprint density at radius 2 is 2.13 bits per heavy atom. The second kappa shape index (κ2) is 8.58. The molecule has 4 aromatic rings. The minimum Gasteiger partial charge on any atom is -0.346 e.